The molecule has 0 spiro atoms. The quantitative estimate of drug-likeness (QED) is 0.565. The first-order valence-corrected chi connectivity index (χ1v) is 6.74. The van der Waals surface area contributed by atoms with E-state index in [9.17, 15) is 9.59 Å². The average Bonchev–Trinajstić information content (AvgIpc) is 2.43. The lowest BCUT2D eigenvalue weighted by Gasteiger charge is -2.17. The minimum Gasteiger partial charge on any atom is -0.461 e. The van der Waals surface area contributed by atoms with Crippen LogP contribution in [0.2, 0.25) is 0 Å². The Morgan fingerprint density at radius 1 is 1.10 bits per heavy atom. The molecular formula is C15H21NO4. The molecule has 0 aliphatic carbocycles. The molecule has 0 saturated heterocycles. The molecule has 1 aromatic rings. The Labute approximate surface area is 119 Å². The van der Waals surface area contributed by atoms with Crippen molar-refractivity contribution >= 4 is 11.9 Å². The second kappa shape index (κ2) is 8.32. The fourth-order valence-electron chi connectivity index (χ4n) is 1.72. The van der Waals surface area contributed by atoms with Crippen molar-refractivity contribution in [3.63, 3.8) is 0 Å². The minimum atomic E-state index is -0.389. The summed E-state index contributed by atoms with van der Waals surface area (Å²) in [5.41, 5.74) is 0.445. The van der Waals surface area contributed by atoms with Gasteiger partial charge < -0.3 is 14.4 Å². The van der Waals surface area contributed by atoms with Gasteiger partial charge >= 0.3 is 11.9 Å². The molecule has 0 aliphatic rings. The van der Waals surface area contributed by atoms with Crippen molar-refractivity contribution in [2.24, 2.45) is 0 Å². The van der Waals surface area contributed by atoms with E-state index in [0.717, 1.165) is 19.6 Å². The summed E-state index contributed by atoms with van der Waals surface area (Å²) in [5, 5.41) is 0. The van der Waals surface area contributed by atoms with E-state index >= 15 is 0 Å². The Bertz CT molecular complexity index is 438. The van der Waals surface area contributed by atoms with Crippen molar-refractivity contribution in [1.29, 1.82) is 0 Å². The number of hydrogen-bond acceptors (Lipinski definition) is 5. The predicted molar refractivity (Wildman–Crippen MR) is 75.8 cm³/mol. The van der Waals surface area contributed by atoms with E-state index < -0.39 is 0 Å². The van der Waals surface area contributed by atoms with Gasteiger partial charge in [-0.2, -0.15) is 0 Å². The molecule has 5 heteroatoms. The molecule has 0 heterocycles. The number of nitrogens with zero attached hydrogens (tertiary/aromatic N) is 1. The van der Waals surface area contributed by atoms with Crippen molar-refractivity contribution in [3.8, 4) is 5.75 Å². The standard InChI is InChI=1S/C15H21NO4/c1-4-16(5-2)10-11-19-15(18)13-6-8-14(9-7-13)20-12(3)17/h6-9H,4-5,10-11H2,1-3H3. The Kier molecular flexibility index (Phi) is 6.73. The molecule has 20 heavy (non-hydrogen) atoms. The fraction of sp³-hybridized carbons (Fsp3) is 0.467. The third kappa shape index (κ3) is 5.40. The SMILES string of the molecule is CCN(CC)CCOC(=O)c1ccc(OC(C)=O)cc1. The van der Waals surface area contributed by atoms with Crippen LogP contribution in [-0.2, 0) is 9.53 Å². The lowest BCUT2D eigenvalue weighted by molar-refractivity contribution is -0.131. The van der Waals surface area contributed by atoms with Crippen molar-refractivity contribution in [1.82, 2.24) is 4.90 Å². The molecule has 0 radical (unpaired) electrons. The van der Waals surface area contributed by atoms with Crippen LogP contribution in [0.1, 0.15) is 31.1 Å². The first-order chi connectivity index (χ1) is 9.56. The third-order valence-electron chi connectivity index (χ3n) is 2.89. The number of esters is 2. The van der Waals surface area contributed by atoms with Crippen LogP contribution >= 0.6 is 0 Å². The summed E-state index contributed by atoms with van der Waals surface area (Å²) in [6.07, 6.45) is 0. The number of ether oxygens (including phenoxy) is 2. The normalized spacial score (nSPS) is 10.4. The van der Waals surface area contributed by atoms with E-state index in [1.165, 1.54) is 6.92 Å². The molecule has 0 atom stereocenters. The summed E-state index contributed by atoms with van der Waals surface area (Å²) in [4.78, 5) is 24.7. The molecule has 0 saturated carbocycles. The molecule has 1 aromatic carbocycles. The van der Waals surface area contributed by atoms with Gasteiger partial charge in [0.25, 0.3) is 0 Å². The first kappa shape index (κ1) is 16.2. The van der Waals surface area contributed by atoms with E-state index in [1.54, 1.807) is 24.3 Å². The molecule has 0 aromatic heterocycles. The molecule has 0 N–H and O–H groups in total. The zero-order chi connectivity index (χ0) is 15.0. The molecular weight excluding hydrogens is 258 g/mol. The Hall–Kier alpha value is -1.88. The van der Waals surface area contributed by atoms with Crippen molar-refractivity contribution in [3.05, 3.63) is 29.8 Å². The van der Waals surface area contributed by atoms with Gasteiger partial charge in [0, 0.05) is 13.5 Å². The van der Waals surface area contributed by atoms with E-state index in [2.05, 4.69) is 18.7 Å². The van der Waals surface area contributed by atoms with Gasteiger partial charge in [-0.1, -0.05) is 13.8 Å². The zero-order valence-electron chi connectivity index (χ0n) is 12.2. The number of carbonyl (C=O) groups excluding carboxylic acids is 2. The maximum Gasteiger partial charge on any atom is 0.338 e. The monoisotopic (exact) mass is 279 g/mol. The van der Waals surface area contributed by atoms with Gasteiger partial charge in [-0.15, -0.1) is 0 Å². The highest BCUT2D eigenvalue weighted by Gasteiger charge is 2.08. The molecule has 5 nitrogen and oxygen atoms in total. The van der Waals surface area contributed by atoms with Gasteiger partial charge in [0.2, 0.25) is 0 Å². The van der Waals surface area contributed by atoms with Crippen molar-refractivity contribution in [2.75, 3.05) is 26.2 Å². The van der Waals surface area contributed by atoms with E-state index in [1.807, 2.05) is 0 Å². The van der Waals surface area contributed by atoms with Crippen LogP contribution in [0, 0.1) is 0 Å². The summed E-state index contributed by atoms with van der Waals surface area (Å²) in [6.45, 7) is 8.43. The van der Waals surface area contributed by atoms with Crippen LogP contribution in [0.4, 0.5) is 0 Å². The van der Waals surface area contributed by atoms with Gasteiger partial charge in [0.05, 0.1) is 5.56 Å². The first-order valence-electron chi connectivity index (χ1n) is 6.74. The largest absolute Gasteiger partial charge is 0.461 e. The lowest BCUT2D eigenvalue weighted by atomic mass is 10.2. The Morgan fingerprint density at radius 2 is 1.70 bits per heavy atom. The highest BCUT2D eigenvalue weighted by atomic mass is 16.5. The summed E-state index contributed by atoms with van der Waals surface area (Å²) >= 11 is 0. The van der Waals surface area contributed by atoms with E-state index in [-0.39, 0.29) is 11.9 Å². The van der Waals surface area contributed by atoms with Crippen LogP contribution in [0.5, 0.6) is 5.75 Å². The minimum absolute atomic E-state index is 0.367. The number of carbonyl (C=O) groups is 2. The molecule has 1 rings (SSSR count). The molecule has 0 fully saturated rings. The highest BCUT2D eigenvalue weighted by Crippen LogP contribution is 2.13. The molecule has 0 amide bonds. The summed E-state index contributed by atoms with van der Waals surface area (Å²) in [5.74, 6) is -0.344. The van der Waals surface area contributed by atoms with Crippen LogP contribution in [0.25, 0.3) is 0 Å². The number of rotatable bonds is 7. The van der Waals surface area contributed by atoms with Crippen molar-refractivity contribution in [2.45, 2.75) is 20.8 Å². The van der Waals surface area contributed by atoms with Crippen LogP contribution < -0.4 is 4.74 Å². The highest BCUT2D eigenvalue weighted by molar-refractivity contribution is 5.89. The van der Waals surface area contributed by atoms with Gasteiger partial charge in [-0.05, 0) is 37.4 Å². The van der Waals surface area contributed by atoms with Crippen LogP contribution in [0.15, 0.2) is 24.3 Å². The smallest absolute Gasteiger partial charge is 0.338 e. The topological polar surface area (TPSA) is 55.8 Å². The van der Waals surface area contributed by atoms with Gasteiger partial charge in [-0.3, -0.25) is 4.79 Å². The van der Waals surface area contributed by atoms with Gasteiger partial charge in [0.15, 0.2) is 0 Å². The molecule has 0 unspecified atom stereocenters. The fourth-order valence-corrected chi connectivity index (χ4v) is 1.72. The van der Waals surface area contributed by atoms with Gasteiger partial charge in [0.1, 0.15) is 12.4 Å². The lowest BCUT2D eigenvalue weighted by Crippen LogP contribution is -2.27. The average molecular weight is 279 g/mol. The number of benzene rings is 1. The molecule has 0 aliphatic heterocycles. The maximum absolute atomic E-state index is 11.8. The van der Waals surface area contributed by atoms with Crippen LogP contribution in [-0.4, -0.2) is 43.1 Å². The summed E-state index contributed by atoms with van der Waals surface area (Å²) in [6, 6.07) is 6.31. The zero-order valence-corrected chi connectivity index (χ0v) is 12.2. The molecule has 110 valence electrons. The van der Waals surface area contributed by atoms with E-state index in [0.29, 0.717) is 17.9 Å². The maximum atomic E-state index is 11.8. The number of likely N-dealkylation sites (N-methyl/N-ethyl adjacent to an activating group) is 1. The second-order valence-corrected chi connectivity index (χ2v) is 4.28. The second-order valence-electron chi connectivity index (χ2n) is 4.28. The Morgan fingerprint density at radius 3 is 2.20 bits per heavy atom. The molecule has 0 bridgehead atoms. The van der Waals surface area contributed by atoms with Gasteiger partial charge in [-0.25, -0.2) is 4.79 Å². The Balaban J connectivity index is 2.45. The van der Waals surface area contributed by atoms with Crippen LogP contribution in [0.3, 0.4) is 0 Å². The van der Waals surface area contributed by atoms with Crippen molar-refractivity contribution < 1.29 is 19.1 Å². The predicted octanol–water partition coefficient (Wildman–Crippen LogP) is 2.11. The third-order valence-corrected chi connectivity index (χ3v) is 2.89. The van der Waals surface area contributed by atoms with E-state index in [4.69, 9.17) is 9.47 Å². The summed E-state index contributed by atoms with van der Waals surface area (Å²) in [7, 11) is 0. The summed E-state index contributed by atoms with van der Waals surface area (Å²) < 4.78 is 10.1. The number of hydrogen-bond donors (Lipinski definition) is 0.